The van der Waals surface area contributed by atoms with Crippen molar-refractivity contribution in [1.82, 2.24) is 9.97 Å². The number of nitrogens with two attached hydrogens (primary N) is 1. The van der Waals surface area contributed by atoms with Gasteiger partial charge in [0.05, 0.1) is 7.11 Å². The summed E-state index contributed by atoms with van der Waals surface area (Å²) >= 11 is 0. The Morgan fingerprint density at radius 2 is 2.05 bits per heavy atom. The van der Waals surface area contributed by atoms with E-state index in [9.17, 15) is 8.78 Å². The highest BCUT2D eigenvalue weighted by Gasteiger charge is 2.15. The number of methoxy groups -OCH3 is 1. The summed E-state index contributed by atoms with van der Waals surface area (Å²) in [7, 11) is 1.35. The molecule has 0 amide bonds. The lowest BCUT2D eigenvalue weighted by molar-refractivity contribution is 0.359. The number of anilines is 1. The number of halogens is 2. The molecule has 0 aliphatic carbocycles. The maximum atomic E-state index is 13.5. The van der Waals surface area contributed by atoms with E-state index >= 15 is 0 Å². The van der Waals surface area contributed by atoms with Crippen LogP contribution >= 0.6 is 0 Å². The van der Waals surface area contributed by atoms with E-state index in [4.69, 9.17) is 15.3 Å². The van der Waals surface area contributed by atoms with E-state index in [-0.39, 0.29) is 23.2 Å². The fraction of sp³-hybridized carbons (Fsp3) is 0.0909. The Bertz CT molecular complexity index is 595. The van der Waals surface area contributed by atoms with Gasteiger partial charge in [0.15, 0.2) is 17.4 Å². The summed E-state index contributed by atoms with van der Waals surface area (Å²) in [4.78, 5) is 7.60. The van der Waals surface area contributed by atoms with Crippen LogP contribution < -0.4 is 20.7 Å². The van der Waals surface area contributed by atoms with Crippen molar-refractivity contribution in [3.8, 4) is 17.4 Å². The van der Waals surface area contributed by atoms with Crippen LogP contribution in [0, 0.1) is 11.6 Å². The number of ether oxygens (including phenoxy) is 2. The molecule has 2 rings (SSSR count). The lowest BCUT2D eigenvalue weighted by Gasteiger charge is -2.11. The average molecular weight is 268 g/mol. The smallest absolute Gasteiger partial charge is 0.268 e. The first-order valence-corrected chi connectivity index (χ1v) is 5.14. The molecule has 1 heterocycles. The Labute approximate surface area is 107 Å². The Balaban J connectivity index is 2.37. The summed E-state index contributed by atoms with van der Waals surface area (Å²) in [5.74, 6) is 3.72. The summed E-state index contributed by atoms with van der Waals surface area (Å²) in [5, 5.41) is 0. The van der Waals surface area contributed by atoms with Crippen molar-refractivity contribution in [2.75, 3.05) is 12.5 Å². The highest BCUT2D eigenvalue weighted by Crippen LogP contribution is 2.34. The molecule has 0 fully saturated rings. The van der Waals surface area contributed by atoms with E-state index < -0.39 is 11.6 Å². The summed E-state index contributed by atoms with van der Waals surface area (Å²) in [6, 6.07) is 2.90. The van der Waals surface area contributed by atoms with Crippen LogP contribution in [-0.4, -0.2) is 17.1 Å². The molecule has 2 aromatic rings. The molecule has 0 spiro atoms. The molecule has 0 aliphatic rings. The van der Waals surface area contributed by atoms with Crippen LogP contribution in [0.3, 0.4) is 0 Å². The molecule has 3 N–H and O–H groups in total. The SMILES string of the molecule is COc1c(NN)ncnc1Oc1ccc(F)cc1F. The van der Waals surface area contributed by atoms with Crippen molar-refractivity contribution >= 4 is 5.82 Å². The standard InChI is InChI=1S/C11H10F2N4O2/c1-18-9-10(17-14)15-5-16-11(9)19-8-3-2-6(12)4-7(8)13/h2-5H,14H2,1H3,(H,15,16,17). The summed E-state index contributed by atoms with van der Waals surface area (Å²) in [6.45, 7) is 0. The minimum absolute atomic E-state index is 0.0454. The van der Waals surface area contributed by atoms with Crippen molar-refractivity contribution in [1.29, 1.82) is 0 Å². The van der Waals surface area contributed by atoms with Gasteiger partial charge in [0.1, 0.15) is 12.1 Å². The summed E-state index contributed by atoms with van der Waals surface area (Å²) < 4.78 is 36.5. The second-order valence-corrected chi connectivity index (χ2v) is 3.38. The number of benzene rings is 1. The van der Waals surface area contributed by atoms with Gasteiger partial charge in [0, 0.05) is 6.07 Å². The quantitative estimate of drug-likeness (QED) is 0.650. The second-order valence-electron chi connectivity index (χ2n) is 3.38. The Morgan fingerprint density at radius 1 is 1.26 bits per heavy atom. The molecular weight excluding hydrogens is 258 g/mol. The van der Waals surface area contributed by atoms with Gasteiger partial charge in [-0.15, -0.1) is 0 Å². The van der Waals surface area contributed by atoms with E-state index in [2.05, 4.69) is 15.4 Å². The van der Waals surface area contributed by atoms with Crippen molar-refractivity contribution < 1.29 is 18.3 Å². The number of nitrogens with zero attached hydrogens (tertiary/aromatic N) is 2. The summed E-state index contributed by atoms with van der Waals surface area (Å²) in [6.07, 6.45) is 1.16. The number of hydrogen-bond acceptors (Lipinski definition) is 6. The summed E-state index contributed by atoms with van der Waals surface area (Å²) in [5.41, 5.74) is 2.29. The Kier molecular flexibility index (Phi) is 3.71. The molecule has 100 valence electrons. The maximum Gasteiger partial charge on any atom is 0.268 e. The minimum atomic E-state index is -0.858. The highest BCUT2D eigenvalue weighted by atomic mass is 19.1. The molecule has 0 saturated carbocycles. The van der Waals surface area contributed by atoms with E-state index in [1.54, 1.807) is 0 Å². The first kappa shape index (κ1) is 13.0. The second kappa shape index (κ2) is 5.44. The number of aromatic nitrogens is 2. The van der Waals surface area contributed by atoms with Gasteiger partial charge in [-0.05, 0) is 12.1 Å². The van der Waals surface area contributed by atoms with Crippen molar-refractivity contribution in [2.24, 2.45) is 5.84 Å². The van der Waals surface area contributed by atoms with Gasteiger partial charge in [-0.25, -0.2) is 19.6 Å². The third-order valence-corrected chi connectivity index (χ3v) is 2.21. The average Bonchev–Trinajstić information content (AvgIpc) is 2.41. The zero-order chi connectivity index (χ0) is 13.8. The van der Waals surface area contributed by atoms with Crippen LogP contribution in [0.4, 0.5) is 14.6 Å². The van der Waals surface area contributed by atoms with Crippen LogP contribution in [0.2, 0.25) is 0 Å². The minimum Gasteiger partial charge on any atom is -0.489 e. The van der Waals surface area contributed by atoms with Gasteiger partial charge in [-0.3, -0.25) is 0 Å². The molecule has 0 radical (unpaired) electrons. The third kappa shape index (κ3) is 2.68. The third-order valence-electron chi connectivity index (χ3n) is 2.21. The molecule has 0 unspecified atom stereocenters. The molecule has 0 saturated heterocycles. The number of rotatable bonds is 4. The normalized spacial score (nSPS) is 10.1. The fourth-order valence-corrected chi connectivity index (χ4v) is 1.38. The largest absolute Gasteiger partial charge is 0.489 e. The number of nitrogens with one attached hydrogen (secondary N) is 1. The van der Waals surface area contributed by atoms with E-state index in [1.165, 1.54) is 7.11 Å². The molecule has 8 heteroatoms. The van der Waals surface area contributed by atoms with Crippen molar-refractivity contribution in [3.63, 3.8) is 0 Å². The predicted octanol–water partition coefficient (Wildman–Crippen LogP) is 1.84. The predicted molar refractivity (Wildman–Crippen MR) is 62.8 cm³/mol. The fourth-order valence-electron chi connectivity index (χ4n) is 1.38. The van der Waals surface area contributed by atoms with Crippen molar-refractivity contribution in [3.05, 3.63) is 36.2 Å². The lowest BCUT2D eigenvalue weighted by atomic mass is 10.3. The maximum absolute atomic E-state index is 13.5. The monoisotopic (exact) mass is 268 g/mol. The first-order valence-electron chi connectivity index (χ1n) is 5.14. The highest BCUT2D eigenvalue weighted by molar-refractivity contribution is 5.55. The zero-order valence-electron chi connectivity index (χ0n) is 9.85. The van der Waals surface area contributed by atoms with Crippen molar-refractivity contribution in [2.45, 2.75) is 0 Å². The number of nitrogen functional groups attached to an aromatic ring is 1. The van der Waals surface area contributed by atoms with Gasteiger partial charge in [0.2, 0.25) is 5.75 Å². The van der Waals surface area contributed by atoms with Crippen LogP contribution in [-0.2, 0) is 0 Å². The van der Waals surface area contributed by atoms with E-state index in [1.807, 2.05) is 0 Å². The lowest BCUT2D eigenvalue weighted by Crippen LogP contribution is -2.11. The van der Waals surface area contributed by atoms with Crippen LogP contribution in [0.5, 0.6) is 17.4 Å². The molecule has 19 heavy (non-hydrogen) atoms. The van der Waals surface area contributed by atoms with Gasteiger partial charge in [-0.2, -0.15) is 4.98 Å². The first-order chi connectivity index (χ1) is 9.15. The topological polar surface area (TPSA) is 82.3 Å². The van der Waals surface area contributed by atoms with E-state index in [0.29, 0.717) is 6.07 Å². The molecule has 1 aromatic heterocycles. The molecular formula is C11H10F2N4O2. The van der Waals surface area contributed by atoms with Crippen LogP contribution in [0.25, 0.3) is 0 Å². The number of hydrogen-bond donors (Lipinski definition) is 2. The number of hydrazine groups is 1. The molecule has 1 aromatic carbocycles. The Hall–Kier alpha value is -2.48. The Morgan fingerprint density at radius 3 is 2.68 bits per heavy atom. The van der Waals surface area contributed by atoms with Gasteiger partial charge < -0.3 is 14.9 Å². The molecule has 0 aliphatic heterocycles. The van der Waals surface area contributed by atoms with Gasteiger partial charge in [0.25, 0.3) is 5.88 Å². The zero-order valence-corrected chi connectivity index (χ0v) is 9.85. The van der Waals surface area contributed by atoms with Gasteiger partial charge in [-0.1, -0.05) is 0 Å². The van der Waals surface area contributed by atoms with E-state index in [0.717, 1.165) is 18.5 Å². The van der Waals surface area contributed by atoms with Gasteiger partial charge >= 0.3 is 0 Å². The molecule has 0 atom stereocenters. The molecule has 0 bridgehead atoms. The van der Waals surface area contributed by atoms with Crippen LogP contribution in [0.1, 0.15) is 0 Å². The van der Waals surface area contributed by atoms with Crippen LogP contribution in [0.15, 0.2) is 24.5 Å². The molecule has 6 nitrogen and oxygen atoms in total.